The smallest absolute Gasteiger partial charge is 0.232 e. The average Bonchev–Trinajstić information content (AvgIpc) is 2.73. The molecule has 2 unspecified atom stereocenters. The van der Waals surface area contributed by atoms with Crippen LogP contribution in [0.15, 0.2) is 30.3 Å². The summed E-state index contributed by atoms with van der Waals surface area (Å²) in [5, 5.41) is 6.54. The summed E-state index contributed by atoms with van der Waals surface area (Å²) in [4.78, 5) is 13.0. The zero-order chi connectivity index (χ0) is 15.9. The number of carbonyl (C=O) groups excluding carboxylic acids is 1. The van der Waals surface area contributed by atoms with Crippen LogP contribution in [0.1, 0.15) is 44.9 Å². The van der Waals surface area contributed by atoms with Crippen LogP contribution in [0.5, 0.6) is 0 Å². The van der Waals surface area contributed by atoms with Crippen molar-refractivity contribution in [2.45, 2.75) is 44.9 Å². The minimum atomic E-state index is -0.165. The van der Waals surface area contributed by atoms with Gasteiger partial charge in [0.25, 0.3) is 0 Å². The number of benzene rings is 1. The van der Waals surface area contributed by atoms with Gasteiger partial charge in [-0.1, -0.05) is 18.2 Å². The molecule has 23 heavy (non-hydrogen) atoms. The molecule has 4 fully saturated rings. The van der Waals surface area contributed by atoms with Gasteiger partial charge in [-0.05, 0) is 87.1 Å². The second-order valence-corrected chi connectivity index (χ2v) is 8.21. The van der Waals surface area contributed by atoms with Crippen LogP contribution >= 0.6 is 12.2 Å². The highest BCUT2D eigenvalue weighted by atomic mass is 32.1. The van der Waals surface area contributed by atoms with Crippen molar-refractivity contribution in [2.24, 2.45) is 23.2 Å². The molecule has 4 aliphatic carbocycles. The lowest BCUT2D eigenvalue weighted by Gasteiger charge is -2.44. The van der Waals surface area contributed by atoms with Gasteiger partial charge in [0.05, 0.1) is 5.41 Å². The van der Waals surface area contributed by atoms with E-state index in [4.69, 9.17) is 12.2 Å². The lowest BCUT2D eigenvalue weighted by molar-refractivity contribution is -0.134. The Morgan fingerprint density at radius 3 is 2.39 bits per heavy atom. The minimum Gasteiger partial charge on any atom is -0.332 e. The summed E-state index contributed by atoms with van der Waals surface area (Å²) in [6, 6.07) is 9.78. The van der Waals surface area contributed by atoms with Crippen molar-refractivity contribution in [3.05, 3.63) is 30.3 Å². The number of hydrogen-bond acceptors (Lipinski definition) is 2. The van der Waals surface area contributed by atoms with Crippen LogP contribution in [0.25, 0.3) is 0 Å². The summed E-state index contributed by atoms with van der Waals surface area (Å²) in [7, 11) is 0. The normalized spacial score (nSPS) is 34.7. The highest BCUT2D eigenvalue weighted by Gasteiger charge is 2.51. The highest BCUT2D eigenvalue weighted by molar-refractivity contribution is 7.80. The van der Waals surface area contributed by atoms with Crippen LogP contribution < -0.4 is 10.6 Å². The fourth-order valence-electron chi connectivity index (χ4n) is 5.36. The van der Waals surface area contributed by atoms with Crippen molar-refractivity contribution < 1.29 is 4.79 Å². The third kappa shape index (κ3) is 3.01. The van der Waals surface area contributed by atoms with Gasteiger partial charge in [0, 0.05) is 5.69 Å². The van der Waals surface area contributed by atoms with Gasteiger partial charge in [0.1, 0.15) is 0 Å². The van der Waals surface area contributed by atoms with Crippen molar-refractivity contribution in [2.75, 3.05) is 5.32 Å². The topological polar surface area (TPSA) is 41.1 Å². The van der Waals surface area contributed by atoms with Crippen LogP contribution in [-0.2, 0) is 4.79 Å². The first-order chi connectivity index (χ1) is 11.1. The number of fused-ring (bicyclic) bond motifs is 1. The summed E-state index contributed by atoms with van der Waals surface area (Å²) in [5.41, 5.74) is 0.751. The van der Waals surface area contributed by atoms with Crippen molar-refractivity contribution in [3.63, 3.8) is 0 Å². The maximum atomic E-state index is 13.0. The van der Waals surface area contributed by atoms with E-state index in [1.165, 1.54) is 25.7 Å². The van der Waals surface area contributed by atoms with Gasteiger partial charge in [0.2, 0.25) is 5.91 Å². The fourth-order valence-corrected chi connectivity index (χ4v) is 5.57. The predicted octanol–water partition coefficient (Wildman–Crippen LogP) is 4.11. The zero-order valence-electron chi connectivity index (χ0n) is 13.4. The van der Waals surface area contributed by atoms with Gasteiger partial charge >= 0.3 is 0 Å². The first-order valence-electron chi connectivity index (χ1n) is 8.80. The Kier molecular flexibility index (Phi) is 3.88. The largest absolute Gasteiger partial charge is 0.332 e. The molecule has 0 saturated heterocycles. The Morgan fingerprint density at radius 2 is 1.70 bits per heavy atom. The predicted molar refractivity (Wildman–Crippen MR) is 96.0 cm³/mol. The van der Waals surface area contributed by atoms with E-state index in [1.807, 2.05) is 30.3 Å². The van der Waals surface area contributed by atoms with E-state index in [2.05, 4.69) is 10.6 Å². The van der Waals surface area contributed by atoms with Crippen molar-refractivity contribution in [1.82, 2.24) is 5.32 Å². The molecular weight excluding hydrogens is 304 g/mol. The Labute approximate surface area is 143 Å². The Bertz CT molecular complexity index is 601. The number of hydrogen-bond donors (Lipinski definition) is 2. The molecule has 0 radical (unpaired) electrons. The summed E-state index contributed by atoms with van der Waals surface area (Å²) in [6.07, 6.45) is 8.44. The van der Waals surface area contributed by atoms with Gasteiger partial charge in [-0.2, -0.15) is 0 Å². The molecule has 4 heteroatoms. The molecule has 1 aromatic carbocycles. The zero-order valence-corrected chi connectivity index (χ0v) is 14.2. The third-order valence-electron chi connectivity index (χ3n) is 6.13. The number of nitrogens with one attached hydrogen (secondary N) is 2. The molecule has 4 saturated carbocycles. The molecule has 1 amide bonds. The second-order valence-electron chi connectivity index (χ2n) is 7.81. The van der Waals surface area contributed by atoms with Crippen molar-refractivity contribution in [1.29, 1.82) is 0 Å². The quantitative estimate of drug-likeness (QED) is 0.803. The number of anilines is 1. The summed E-state index contributed by atoms with van der Waals surface area (Å²) < 4.78 is 0. The van der Waals surface area contributed by atoms with Crippen LogP contribution in [0, 0.1) is 23.2 Å². The number of carbonyl (C=O) groups is 1. The summed E-state index contributed by atoms with van der Waals surface area (Å²) >= 11 is 5.36. The van der Waals surface area contributed by atoms with E-state index >= 15 is 0 Å². The Hall–Kier alpha value is -1.42. The average molecular weight is 328 g/mol. The fraction of sp³-hybridized carbons (Fsp3) is 0.579. The first kappa shape index (κ1) is 15.1. The van der Waals surface area contributed by atoms with Gasteiger partial charge in [-0.25, -0.2) is 0 Å². The van der Waals surface area contributed by atoms with Crippen LogP contribution in [-0.4, -0.2) is 11.0 Å². The van der Waals surface area contributed by atoms with Crippen LogP contribution in [0.2, 0.25) is 0 Å². The van der Waals surface area contributed by atoms with E-state index in [0.29, 0.717) is 5.11 Å². The SMILES string of the molecule is O=C(NC(=S)Nc1ccccc1)C12CCC3C[C@H](C[C@H](C3)C1)C2. The number of thiocarbonyl (C=S) groups is 1. The standard InChI is InChI=1S/C19H24N2OS/c22-17(21-18(23)20-16-4-2-1-3-5-16)19-7-6-13-8-14(11-19)10-15(9-13)12-19/h1-5,13-15H,6-12H2,(H2,20,21,22,23)/t13?,14-,15+,19?. The molecule has 5 rings (SSSR count). The molecule has 1 aromatic rings. The molecular formula is C19H24N2OS. The summed E-state index contributed by atoms with van der Waals surface area (Å²) in [6.45, 7) is 0. The second kappa shape index (κ2) is 5.90. The molecule has 4 bridgehead atoms. The van der Waals surface area contributed by atoms with Gasteiger partial charge in [0.15, 0.2) is 5.11 Å². The van der Waals surface area contributed by atoms with Gasteiger partial charge in [-0.15, -0.1) is 0 Å². The van der Waals surface area contributed by atoms with E-state index in [0.717, 1.165) is 42.7 Å². The molecule has 0 aromatic heterocycles. The van der Waals surface area contributed by atoms with E-state index in [9.17, 15) is 4.79 Å². The molecule has 4 aliphatic rings. The van der Waals surface area contributed by atoms with Gasteiger partial charge < -0.3 is 10.6 Å². The lowest BCUT2D eigenvalue weighted by Crippen LogP contribution is -2.48. The highest BCUT2D eigenvalue weighted by Crippen LogP contribution is 2.57. The maximum Gasteiger partial charge on any atom is 0.232 e. The number of para-hydroxylation sites is 1. The van der Waals surface area contributed by atoms with Crippen LogP contribution in [0.4, 0.5) is 5.69 Å². The molecule has 0 aliphatic heterocycles. The number of rotatable bonds is 2. The lowest BCUT2D eigenvalue weighted by atomic mass is 9.61. The minimum absolute atomic E-state index is 0.156. The monoisotopic (exact) mass is 328 g/mol. The molecule has 0 heterocycles. The Balaban J connectivity index is 1.45. The number of amides is 1. The first-order valence-corrected chi connectivity index (χ1v) is 9.21. The maximum absolute atomic E-state index is 13.0. The molecule has 4 atom stereocenters. The van der Waals surface area contributed by atoms with Crippen molar-refractivity contribution in [3.8, 4) is 0 Å². The molecule has 122 valence electrons. The van der Waals surface area contributed by atoms with E-state index < -0.39 is 0 Å². The van der Waals surface area contributed by atoms with Crippen molar-refractivity contribution >= 4 is 28.9 Å². The molecule has 0 spiro atoms. The Morgan fingerprint density at radius 1 is 1.04 bits per heavy atom. The molecule has 3 nitrogen and oxygen atoms in total. The van der Waals surface area contributed by atoms with Gasteiger partial charge in [-0.3, -0.25) is 4.79 Å². The third-order valence-corrected chi connectivity index (χ3v) is 6.33. The summed E-state index contributed by atoms with van der Waals surface area (Å²) in [5.74, 6) is 2.54. The molecule has 2 N–H and O–H groups in total. The van der Waals surface area contributed by atoms with Crippen LogP contribution in [0.3, 0.4) is 0 Å². The van der Waals surface area contributed by atoms with E-state index in [-0.39, 0.29) is 11.3 Å². The van der Waals surface area contributed by atoms with E-state index in [1.54, 1.807) is 0 Å².